The first-order valence-corrected chi connectivity index (χ1v) is 6.96. The summed E-state index contributed by atoms with van der Waals surface area (Å²) < 4.78 is 7.36. The van der Waals surface area contributed by atoms with E-state index in [4.69, 9.17) is 4.52 Å². The van der Waals surface area contributed by atoms with Gasteiger partial charge in [-0.3, -0.25) is 0 Å². The molecule has 0 spiro atoms. The summed E-state index contributed by atoms with van der Waals surface area (Å²) in [6.07, 6.45) is 6.67. The number of hydrogen-bond acceptors (Lipinski definition) is 5. The molecule has 2 aliphatic rings. The van der Waals surface area contributed by atoms with Crippen molar-refractivity contribution < 1.29 is 4.52 Å². The topological polar surface area (TPSA) is 60.0 Å². The van der Waals surface area contributed by atoms with Gasteiger partial charge in [0.25, 0.3) is 5.95 Å². The summed E-state index contributed by atoms with van der Waals surface area (Å²) in [6.45, 7) is 4.15. The molecule has 0 amide bonds. The molecule has 2 aromatic heterocycles. The highest BCUT2D eigenvalue weighted by atomic mass is 16.5. The molecule has 2 fully saturated rings. The van der Waals surface area contributed by atoms with Crippen LogP contribution >= 0.6 is 0 Å². The van der Waals surface area contributed by atoms with Crippen molar-refractivity contribution in [2.24, 2.45) is 0 Å². The summed E-state index contributed by atoms with van der Waals surface area (Å²) in [5.41, 5.74) is 1.05. The van der Waals surface area contributed by atoms with E-state index in [1.54, 1.807) is 0 Å². The predicted octanol–water partition coefficient (Wildman–Crippen LogP) is 2.04. The Bertz CT molecular complexity index is 592. The second kappa shape index (κ2) is 4.08. The van der Waals surface area contributed by atoms with E-state index >= 15 is 0 Å². The van der Waals surface area contributed by atoms with E-state index in [-0.39, 0.29) is 0 Å². The highest BCUT2D eigenvalue weighted by molar-refractivity contribution is 5.40. The van der Waals surface area contributed by atoms with Crippen molar-refractivity contribution in [3.05, 3.63) is 17.8 Å². The van der Waals surface area contributed by atoms with Crippen LogP contribution in [-0.2, 0) is 0 Å². The summed E-state index contributed by atoms with van der Waals surface area (Å²) >= 11 is 0. The Morgan fingerprint density at radius 3 is 2.79 bits per heavy atom. The van der Waals surface area contributed by atoms with E-state index in [0.717, 1.165) is 30.6 Å². The van der Waals surface area contributed by atoms with Crippen LogP contribution in [-0.4, -0.2) is 32.8 Å². The van der Waals surface area contributed by atoms with Gasteiger partial charge in [0.15, 0.2) is 0 Å². The third-order valence-electron chi connectivity index (χ3n) is 3.87. The molecule has 3 heterocycles. The van der Waals surface area contributed by atoms with Gasteiger partial charge < -0.3 is 9.42 Å². The minimum Gasteiger partial charge on any atom is -0.342 e. The Labute approximate surface area is 111 Å². The molecule has 6 heteroatoms. The second-order valence-corrected chi connectivity index (χ2v) is 5.44. The van der Waals surface area contributed by atoms with Gasteiger partial charge in [0.2, 0.25) is 11.8 Å². The zero-order valence-electron chi connectivity index (χ0n) is 11.0. The third-order valence-corrected chi connectivity index (χ3v) is 3.87. The third kappa shape index (κ3) is 1.82. The van der Waals surface area contributed by atoms with Crippen molar-refractivity contribution >= 4 is 5.95 Å². The monoisotopic (exact) mass is 259 g/mol. The van der Waals surface area contributed by atoms with Gasteiger partial charge in [-0.15, -0.1) is 0 Å². The first kappa shape index (κ1) is 11.0. The van der Waals surface area contributed by atoms with Crippen LogP contribution in [0.15, 0.2) is 10.7 Å². The molecular formula is C13H17N5O. The fourth-order valence-corrected chi connectivity index (χ4v) is 2.63. The number of anilines is 1. The van der Waals surface area contributed by atoms with E-state index in [9.17, 15) is 0 Å². The summed E-state index contributed by atoms with van der Waals surface area (Å²) in [5, 5.41) is 4.12. The predicted molar refractivity (Wildman–Crippen MR) is 69.6 cm³/mol. The van der Waals surface area contributed by atoms with Crippen molar-refractivity contribution in [1.82, 2.24) is 19.7 Å². The standard InChI is InChI=1S/C13H17N5O/c1-9-8-14-13(17-6-2-3-7-17)18(9)12-15-11(19-16-12)10-4-5-10/h8,10H,2-7H2,1H3. The molecule has 1 aliphatic heterocycles. The van der Waals surface area contributed by atoms with Crippen molar-refractivity contribution in [2.75, 3.05) is 18.0 Å². The molecule has 0 radical (unpaired) electrons. The lowest BCUT2D eigenvalue weighted by Crippen LogP contribution is -2.22. The van der Waals surface area contributed by atoms with Gasteiger partial charge in [0.1, 0.15) is 0 Å². The Morgan fingerprint density at radius 1 is 1.26 bits per heavy atom. The van der Waals surface area contributed by atoms with Gasteiger partial charge in [-0.2, -0.15) is 4.98 Å². The summed E-state index contributed by atoms with van der Waals surface area (Å²) in [5.74, 6) is 2.83. The van der Waals surface area contributed by atoms with E-state index < -0.39 is 0 Å². The first-order valence-electron chi connectivity index (χ1n) is 6.96. The van der Waals surface area contributed by atoms with Crippen LogP contribution in [0, 0.1) is 6.92 Å². The molecule has 1 aliphatic carbocycles. The van der Waals surface area contributed by atoms with Crippen molar-refractivity contribution in [3.8, 4) is 5.95 Å². The summed E-state index contributed by atoms with van der Waals surface area (Å²) in [7, 11) is 0. The number of rotatable bonds is 3. The zero-order chi connectivity index (χ0) is 12.8. The number of aryl methyl sites for hydroxylation is 1. The quantitative estimate of drug-likeness (QED) is 0.844. The molecule has 0 unspecified atom stereocenters. The number of hydrogen-bond donors (Lipinski definition) is 0. The molecule has 4 rings (SSSR count). The SMILES string of the molecule is Cc1cnc(N2CCCC2)n1-c1noc(C2CC2)n1. The molecule has 0 atom stereocenters. The minimum absolute atomic E-state index is 0.486. The molecule has 2 aromatic rings. The van der Waals surface area contributed by atoms with Crippen LogP contribution in [0.4, 0.5) is 5.95 Å². The Kier molecular flexibility index (Phi) is 2.36. The molecule has 6 nitrogen and oxygen atoms in total. The minimum atomic E-state index is 0.486. The van der Waals surface area contributed by atoms with E-state index in [1.807, 2.05) is 17.7 Å². The van der Waals surface area contributed by atoms with Crippen molar-refractivity contribution in [1.29, 1.82) is 0 Å². The molecule has 0 N–H and O–H groups in total. The average Bonchev–Trinajstić information content (AvgIpc) is 2.85. The maximum Gasteiger partial charge on any atom is 0.277 e. The van der Waals surface area contributed by atoms with Gasteiger partial charge in [0, 0.05) is 24.7 Å². The lowest BCUT2D eigenvalue weighted by atomic mass is 10.4. The highest BCUT2D eigenvalue weighted by Crippen LogP contribution is 2.39. The van der Waals surface area contributed by atoms with Crippen LogP contribution in [0.1, 0.15) is 43.2 Å². The van der Waals surface area contributed by atoms with E-state index in [0.29, 0.717) is 11.9 Å². The summed E-state index contributed by atoms with van der Waals surface area (Å²) in [6, 6.07) is 0. The average molecular weight is 259 g/mol. The number of imidazole rings is 1. The van der Waals surface area contributed by atoms with Crippen LogP contribution in [0.3, 0.4) is 0 Å². The summed E-state index contributed by atoms with van der Waals surface area (Å²) in [4.78, 5) is 11.3. The fourth-order valence-electron chi connectivity index (χ4n) is 2.63. The van der Waals surface area contributed by atoms with Crippen LogP contribution in [0.5, 0.6) is 0 Å². The maximum atomic E-state index is 5.36. The van der Waals surface area contributed by atoms with E-state index in [1.165, 1.54) is 25.7 Å². The molecular weight excluding hydrogens is 242 g/mol. The van der Waals surface area contributed by atoms with Gasteiger partial charge >= 0.3 is 0 Å². The number of nitrogens with zero attached hydrogens (tertiary/aromatic N) is 5. The van der Waals surface area contributed by atoms with Gasteiger partial charge in [-0.25, -0.2) is 9.55 Å². The Balaban J connectivity index is 1.73. The Morgan fingerprint density at radius 2 is 2.05 bits per heavy atom. The van der Waals surface area contributed by atoms with Crippen LogP contribution < -0.4 is 4.90 Å². The first-order chi connectivity index (χ1) is 9.33. The van der Waals surface area contributed by atoms with Gasteiger partial charge in [-0.1, -0.05) is 0 Å². The van der Waals surface area contributed by atoms with Gasteiger partial charge in [-0.05, 0) is 37.8 Å². The zero-order valence-corrected chi connectivity index (χ0v) is 11.0. The lowest BCUT2D eigenvalue weighted by molar-refractivity contribution is 0.377. The highest BCUT2D eigenvalue weighted by Gasteiger charge is 2.30. The van der Waals surface area contributed by atoms with Crippen molar-refractivity contribution in [2.45, 2.75) is 38.5 Å². The molecule has 0 aromatic carbocycles. The van der Waals surface area contributed by atoms with Crippen LogP contribution in [0.2, 0.25) is 0 Å². The Hall–Kier alpha value is -1.85. The maximum absolute atomic E-state index is 5.36. The van der Waals surface area contributed by atoms with Gasteiger partial charge in [0.05, 0.1) is 6.20 Å². The molecule has 100 valence electrons. The van der Waals surface area contributed by atoms with E-state index in [2.05, 4.69) is 20.0 Å². The van der Waals surface area contributed by atoms with Crippen LogP contribution in [0.25, 0.3) is 5.95 Å². The molecule has 1 saturated carbocycles. The number of aromatic nitrogens is 4. The normalized spacial score (nSPS) is 19.3. The smallest absolute Gasteiger partial charge is 0.277 e. The lowest BCUT2D eigenvalue weighted by Gasteiger charge is -2.16. The fraction of sp³-hybridized carbons (Fsp3) is 0.615. The molecule has 19 heavy (non-hydrogen) atoms. The molecule has 1 saturated heterocycles. The largest absolute Gasteiger partial charge is 0.342 e. The van der Waals surface area contributed by atoms with Crippen molar-refractivity contribution in [3.63, 3.8) is 0 Å². The molecule has 0 bridgehead atoms. The second-order valence-electron chi connectivity index (χ2n) is 5.44.